The van der Waals surface area contributed by atoms with Crippen LogP contribution in [0.1, 0.15) is 48.5 Å². The molecule has 2 rings (SSSR count). The quantitative estimate of drug-likeness (QED) is 0.218. The number of nitrogen functional groups attached to an aromatic ring is 1. The summed E-state index contributed by atoms with van der Waals surface area (Å²) in [5, 5.41) is 23.3. The van der Waals surface area contributed by atoms with Crippen molar-refractivity contribution in [3.63, 3.8) is 0 Å². The number of alkyl halides is 3. The number of carboxylic acid groups (broad SMARTS) is 1. The number of nitrogens with two attached hydrogens (primary N) is 1. The van der Waals surface area contributed by atoms with Crippen molar-refractivity contribution in [3.8, 4) is 0 Å². The minimum Gasteiger partial charge on any atom is -0.481 e. The van der Waals surface area contributed by atoms with Gasteiger partial charge in [-0.05, 0) is 61.6 Å². The molecule has 33 heavy (non-hydrogen) atoms. The average molecular weight is 507 g/mol. The number of aliphatic hydroxyl groups excluding tert-OH is 1. The van der Waals surface area contributed by atoms with E-state index in [1.807, 2.05) is 0 Å². The van der Waals surface area contributed by atoms with E-state index < -0.39 is 29.7 Å². The van der Waals surface area contributed by atoms with Gasteiger partial charge in [-0.25, -0.2) is 0 Å². The van der Waals surface area contributed by atoms with Crippen molar-refractivity contribution in [3.05, 3.63) is 63.1 Å². The van der Waals surface area contributed by atoms with Gasteiger partial charge in [-0.15, -0.1) is 0 Å². The molecule has 0 fully saturated rings. The Kier molecular flexibility index (Phi) is 10.3. The first-order chi connectivity index (χ1) is 15.5. The first-order valence-electron chi connectivity index (χ1n) is 10.5. The minimum absolute atomic E-state index is 0.0454. The highest BCUT2D eigenvalue weighted by Gasteiger charge is 2.33. The Bertz CT molecular complexity index is 918. The lowest BCUT2D eigenvalue weighted by atomic mass is 9.92. The van der Waals surface area contributed by atoms with Gasteiger partial charge in [0.15, 0.2) is 0 Å². The van der Waals surface area contributed by atoms with Crippen LogP contribution >= 0.6 is 23.2 Å². The Morgan fingerprint density at radius 3 is 2.33 bits per heavy atom. The number of hydrogen-bond acceptors (Lipinski definition) is 4. The van der Waals surface area contributed by atoms with Crippen molar-refractivity contribution in [2.24, 2.45) is 5.92 Å². The standard InChI is InChI=1S/C23H27Cl2F3N2O3/c24-18-11-16(12-19(25)21(18)29)20(31)13-30-10-4-3-6-15(22(32)33)9-8-14-5-1-2-7-17(14)23(26,27)28/h1-2,5,7,11-12,15,20,30-31H,3-4,6,8-10,13,29H2,(H,32,33). The normalized spacial score (nSPS) is 13.6. The van der Waals surface area contributed by atoms with Crippen LogP contribution in [0, 0.1) is 5.92 Å². The molecule has 0 aliphatic carbocycles. The summed E-state index contributed by atoms with van der Waals surface area (Å²) in [6.07, 6.45) is -3.54. The van der Waals surface area contributed by atoms with E-state index in [0.717, 1.165) is 6.07 Å². The number of nitrogens with one attached hydrogen (secondary N) is 1. The number of rotatable bonds is 12. The van der Waals surface area contributed by atoms with E-state index in [1.54, 1.807) is 12.1 Å². The van der Waals surface area contributed by atoms with Crippen LogP contribution in [0.4, 0.5) is 18.9 Å². The lowest BCUT2D eigenvalue weighted by Gasteiger charge is -2.16. The molecule has 2 atom stereocenters. The summed E-state index contributed by atoms with van der Waals surface area (Å²) in [5.41, 5.74) is 5.84. The zero-order chi connectivity index (χ0) is 24.6. The van der Waals surface area contributed by atoms with Crippen LogP contribution in [0.3, 0.4) is 0 Å². The van der Waals surface area contributed by atoms with E-state index in [2.05, 4.69) is 5.32 Å². The number of anilines is 1. The molecular formula is C23H27Cl2F3N2O3. The maximum absolute atomic E-state index is 13.1. The van der Waals surface area contributed by atoms with Gasteiger partial charge >= 0.3 is 12.1 Å². The van der Waals surface area contributed by atoms with Gasteiger partial charge in [-0.2, -0.15) is 13.2 Å². The summed E-state index contributed by atoms with van der Waals surface area (Å²) in [6, 6.07) is 8.33. The van der Waals surface area contributed by atoms with E-state index in [1.165, 1.54) is 18.2 Å². The largest absolute Gasteiger partial charge is 0.481 e. The maximum Gasteiger partial charge on any atom is 0.416 e. The van der Waals surface area contributed by atoms with Gasteiger partial charge in [0.05, 0.1) is 33.3 Å². The van der Waals surface area contributed by atoms with Crippen LogP contribution in [-0.2, 0) is 17.4 Å². The molecule has 0 aliphatic rings. The van der Waals surface area contributed by atoms with Gasteiger partial charge in [-0.3, -0.25) is 4.79 Å². The molecule has 182 valence electrons. The first-order valence-corrected chi connectivity index (χ1v) is 11.3. The molecule has 0 bridgehead atoms. The number of aliphatic hydroxyl groups is 1. The average Bonchev–Trinajstić information content (AvgIpc) is 2.75. The van der Waals surface area contributed by atoms with Crippen molar-refractivity contribution < 1.29 is 28.2 Å². The third-order valence-corrected chi connectivity index (χ3v) is 6.04. The fourth-order valence-electron chi connectivity index (χ4n) is 3.53. The molecular weight excluding hydrogens is 480 g/mol. The van der Waals surface area contributed by atoms with Crippen LogP contribution in [0.15, 0.2) is 36.4 Å². The summed E-state index contributed by atoms with van der Waals surface area (Å²) in [6.45, 7) is 0.782. The summed E-state index contributed by atoms with van der Waals surface area (Å²) in [4.78, 5) is 11.5. The molecule has 0 saturated heterocycles. The lowest BCUT2D eigenvalue weighted by molar-refractivity contribution is -0.142. The molecule has 0 spiro atoms. The molecule has 2 aromatic carbocycles. The van der Waals surface area contributed by atoms with Crippen LogP contribution in [0.2, 0.25) is 10.0 Å². The lowest BCUT2D eigenvalue weighted by Crippen LogP contribution is -2.23. The number of halogens is 5. The van der Waals surface area contributed by atoms with E-state index in [0.29, 0.717) is 31.4 Å². The zero-order valence-electron chi connectivity index (χ0n) is 17.8. The van der Waals surface area contributed by atoms with E-state index >= 15 is 0 Å². The van der Waals surface area contributed by atoms with Gasteiger partial charge in [0, 0.05) is 6.54 Å². The fourth-order valence-corrected chi connectivity index (χ4v) is 4.03. The highest BCUT2D eigenvalue weighted by Crippen LogP contribution is 2.33. The molecule has 2 aromatic rings. The van der Waals surface area contributed by atoms with E-state index in [-0.39, 0.29) is 40.7 Å². The topological polar surface area (TPSA) is 95.6 Å². The number of hydrogen-bond donors (Lipinski definition) is 4. The molecule has 5 nitrogen and oxygen atoms in total. The third-order valence-electron chi connectivity index (χ3n) is 5.41. The molecule has 0 radical (unpaired) electrons. The van der Waals surface area contributed by atoms with Crippen molar-refractivity contribution in [2.75, 3.05) is 18.8 Å². The van der Waals surface area contributed by atoms with E-state index in [9.17, 15) is 28.2 Å². The van der Waals surface area contributed by atoms with Gasteiger partial charge in [0.25, 0.3) is 0 Å². The number of carbonyl (C=O) groups is 1. The van der Waals surface area contributed by atoms with Crippen LogP contribution in [0.5, 0.6) is 0 Å². The van der Waals surface area contributed by atoms with Crippen molar-refractivity contribution in [1.29, 1.82) is 0 Å². The van der Waals surface area contributed by atoms with Gasteiger partial charge in [-0.1, -0.05) is 47.8 Å². The number of aryl methyl sites for hydroxylation is 1. The minimum atomic E-state index is -4.46. The van der Waals surface area contributed by atoms with Gasteiger partial charge < -0.3 is 21.3 Å². The number of carboxylic acids is 1. The highest BCUT2D eigenvalue weighted by atomic mass is 35.5. The SMILES string of the molecule is Nc1c(Cl)cc(C(O)CNCCCCC(CCc2ccccc2C(F)(F)F)C(=O)O)cc1Cl. The molecule has 0 aromatic heterocycles. The second kappa shape index (κ2) is 12.5. The second-order valence-corrected chi connectivity index (χ2v) is 8.66. The Morgan fingerprint density at radius 2 is 1.73 bits per heavy atom. The molecule has 5 N–H and O–H groups in total. The first kappa shape index (κ1) is 27.2. The predicted octanol–water partition coefficient (Wildman–Crippen LogP) is 5.72. The third kappa shape index (κ3) is 8.37. The van der Waals surface area contributed by atoms with Crippen molar-refractivity contribution >= 4 is 34.9 Å². The Labute approximate surface area is 200 Å². The molecule has 0 heterocycles. The molecule has 10 heteroatoms. The monoisotopic (exact) mass is 506 g/mol. The smallest absolute Gasteiger partial charge is 0.416 e. The molecule has 0 aliphatic heterocycles. The summed E-state index contributed by atoms with van der Waals surface area (Å²) >= 11 is 11.9. The van der Waals surface area contributed by atoms with Crippen LogP contribution in [-0.4, -0.2) is 29.3 Å². The summed E-state index contributed by atoms with van der Waals surface area (Å²) < 4.78 is 39.3. The Morgan fingerprint density at radius 1 is 1.09 bits per heavy atom. The summed E-state index contributed by atoms with van der Waals surface area (Å²) in [5.74, 6) is -1.74. The summed E-state index contributed by atoms with van der Waals surface area (Å²) in [7, 11) is 0. The van der Waals surface area contributed by atoms with Crippen molar-refractivity contribution in [1.82, 2.24) is 5.32 Å². The van der Waals surface area contributed by atoms with Gasteiger partial charge in [0.2, 0.25) is 0 Å². The Hall–Kier alpha value is -2.00. The van der Waals surface area contributed by atoms with Crippen LogP contribution in [0.25, 0.3) is 0 Å². The zero-order valence-corrected chi connectivity index (χ0v) is 19.4. The number of benzene rings is 2. The Balaban J connectivity index is 1.75. The fraction of sp³-hybridized carbons (Fsp3) is 0.435. The molecule has 0 saturated carbocycles. The van der Waals surface area contributed by atoms with Crippen molar-refractivity contribution in [2.45, 2.75) is 44.4 Å². The van der Waals surface area contributed by atoms with Crippen LogP contribution < -0.4 is 11.1 Å². The maximum atomic E-state index is 13.1. The highest BCUT2D eigenvalue weighted by molar-refractivity contribution is 6.38. The number of unbranched alkanes of at least 4 members (excludes halogenated alkanes) is 1. The second-order valence-electron chi connectivity index (χ2n) is 7.84. The van der Waals surface area contributed by atoms with Gasteiger partial charge in [0.1, 0.15) is 0 Å². The molecule has 2 unspecified atom stereocenters. The molecule has 0 amide bonds. The number of aliphatic carboxylic acids is 1. The van der Waals surface area contributed by atoms with E-state index in [4.69, 9.17) is 28.9 Å². The predicted molar refractivity (Wildman–Crippen MR) is 123 cm³/mol.